The number of amides is 1. The van der Waals surface area contributed by atoms with Crippen molar-refractivity contribution in [1.82, 2.24) is 4.90 Å². The Kier molecular flexibility index (Phi) is 38.9. The fraction of sp³-hybridized carbons (Fsp3) is 0.569. The Morgan fingerprint density at radius 2 is 1.32 bits per heavy atom. The number of anilines is 2. The SMILES string of the molecule is C=C.C=C(CCCCCCCCCCCCCCCCC)C(=Nc1ccc(N(CC)CC)cc1)C(=O)N(C)C/C=C\C(=C/C)CSc1ccc(S(=O)O)cc1N.CC.CC. The first kappa shape index (κ1) is 58.7. The molecule has 1 amide bonds. The van der Waals surface area contributed by atoms with Crippen molar-refractivity contribution in [3.8, 4) is 0 Å². The molecule has 0 saturated carbocycles. The maximum Gasteiger partial charge on any atom is 0.272 e. The average molecular weight is 867 g/mol. The molecule has 2 aromatic carbocycles. The fourth-order valence-corrected chi connectivity index (χ4v) is 7.73. The fourth-order valence-electron chi connectivity index (χ4n) is 6.34. The average Bonchev–Trinajstić information content (AvgIpc) is 3.28. The number of nitrogens with zero attached hydrogens (tertiary/aromatic N) is 3. The molecule has 2 rings (SSSR count). The second-order valence-electron chi connectivity index (χ2n) is 14.1. The van der Waals surface area contributed by atoms with Gasteiger partial charge in [-0.15, -0.1) is 24.9 Å². The number of rotatable bonds is 29. The van der Waals surface area contributed by atoms with Crippen LogP contribution in [0.5, 0.6) is 0 Å². The number of carbonyl (C=O) groups is 1. The highest BCUT2D eigenvalue weighted by molar-refractivity contribution is 7.99. The van der Waals surface area contributed by atoms with Crippen molar-refractivity contribution in [2.24, 2.45) is 4.99 Å². The van der Waals surface area contributed by atoms with Gasteiger partial charge in [-0.3, -0.25) is 4.79 Å². The summed E-state index contributed by atoms with van der Waals surface area (Å²) >= 11 is -0.502. The number of unbranched alkanes of at least 4 members (excludes halogenated alkanes) is 14. The molecule has 2 aromatic rings. The van der Waals surface area contributed by atoms with E-state index >= 15 is 0 Å². The zero-order valence-electron chi connectivity index (χ0n) is 39.5. The highest BCUT2D eigenvalue weighted by Crippen LogP contribution is 2.29. The van der Waals surface area contributed by atoms with E-state index in [0.717, 1.165) is 59.8 Å². The largest absolute Gasteiger partial charge is 0.398 e. The summed E-state index contributed by atoms with van der Waals surface area (Å²) in [6.07, 6.45) is 26.5. The van der Waals surface area contributed by atoms with Crippen LogP contribution in [0.1, 0.15) is 158 Å². The lowest BCUT2D eigenvalue weighted by atomic mass is 10.0. The predicted molar refractivity (Wildman–Crippen MR) is 271 cm³/mol. The van der Waals surface area contributed by atoms with E-state index in [4.69, 9.17) is 10.7 Å². The van der Waals surface area contributed by atoms with Crippen LogP contribution in [0.2, 0.25) is 0 Å². The first-order valence-electron chi connectivity index (χ1n) is 23.0. The third kappa shape index (κ3) is 26.0. The Balaban J connectivity index is 0. The molecule has 7 nitrogen and oxygen atoms in total. The topological polar surface area (TPSA) is 99.2 Å². The Morgan fingerprint density at radius 3 is 1.77 bits per heavy atom. The molecule has 60 heavy (non-hydrogen) atoms. The van der Waals surface area contributed by atoms with Gasteiger partial charge in [0.15, 0.2) is 11.1 Å². The van der Waals surface area contributed by atoms with Crippen molar-refractivity contribution in [3.05, 3.63) is 91.6 Å². The number of nitrogen functional groups attached to an aromatic ring is 1. The predicted octanol–water partition coefficient (Wildman–Crippen LogP) is 15.2. The molecule has 0 heterocycles. The van der Waals surface area contributed by atoms with E-state index < -0.39 is 11.1 Å². The first-order chi connectivity index (χ1) is 29.1. The summed E-state index contributed by atoms with van der Waals surface area (Å²) in [6, 6.07) is 13.1. The minimum atomic E-state index is -2.06. The summed E-state index contributed by atoms with van der Waals surface area (Å²) in [4.78, 5) is 23.9. The van der Waals surface area contributed by atoms with Crippen LogP contribution in [0.25, 0.3) is 0 Å². The molecule has 0 aromatic heterocycles. The van der Waals surface area contributed by atoms with Gasteiger partial charge in [-0.2, -0.15) is 0 Å². The Morgan fingerprint density at radius 1 is 0.817 bits per heavy atom. The van der Waals surface area contributed by atoms with Crippen molar-refractivity contribution in [1.29, 1.82) is 0 Å². The quantitative estimate of drug-likeness (QED) is 0.0161. The maximum atomic E-state index is 13.9. The Bertz CT molecular complexity index is 1520. The zero-order valence-corrected chi connectivity index (χ0v) is 41.2. The molecule has 0 fully saturated rings. The number of hydrogen-bond acceptors (Lipinski definition) is 6. The van der Waals surface area contributed by atoms with Gasteiger partial charge in [-0.1, -0.05) is 149 Å². The summed E-state index contributed by atoms with van der Waals surface area (Å²) in [6.45, 7) is 29.2. The molecule has 9 heteroatoms. The number of benzene rings is 2. The molecule has 3 N–H and O–H groups in total. The van der Waals surface area contributed by atoms with Gasteiger partial charge in [0, 0.05) is 48.7 Å². The Hall–Kier alpha value is -3.40. The highest BCUT2D eigenvalue weighted by atomic mass is 32.2. The molecule has 0 aliphatic carbocycles. The number of nitrogens with two attached hydrogens (primary N) is 1. The summed E-state index contributed by atoms with van der Waals surface area (Å²) in [5.74, 6) is 0.534. The molecule has 0 aliphatic rings. The number of likely N-dealkylation sites (N-methyl/N-ethyl adjacent to an activating group) is 1. The van der Waals surface area contributed by atoms with Crippen LogP contribution >= 0.6 is 11.8 Å². The van der Waals surface area contributed by atoms with Crippen LogP contribution in [-0.2, 0) is 15.9 Å². The van der Waals surface area contributed by atoms with E-state index in [2.05, 4.69) is 57.5 Å². The summed E-state index contributed by atoms with van der Waals surface area (Å²) in [7, 11) is 1.81. The summed E-state index contributed by atoms with van der Waals surface area (Å²) < 4.78 is 20.7. The van der Waals surface area contributed by atoms with Gasteiger partial charge in [-0.25, -0.2) is 9.20 Å². The van der Waals surface area contributed by atoms with Gasteiger partial charge in [-0.05, 0) is 87.2 Å². The third-order valence-electron chi connectivity index (χ3n) is 9.84. The smallest absolute Gasteiger partial charge is 0.272 e. The molecule has 1 unspecified atom stereocenters. The second-order valence-corrected chi connectivity index (χ2v) is 16.1. The lowest BCUT2D eigenvalue weighted by Gasteiger charge is -2.21. The van der Waals surface area contributed by atoms with Gasteiger partial charge in [0.05, 0.1) is 10.6 Å². The minimum absolute atomic E-state index is 0.135. The van der Waals surface area contributed by atoms with Crippen LogP contribution in [0.3, 0.4) is 0 Å². The molecule has 1 atom stereocenters. The van der Waals surface area contributed by atoms with Gasteiger partial charge >= 0.3 is 0 Å². The normalized spacial score (nSPS) is 11.7. The molecule has 0 saturated heterocycles. The number of thioether (sulfide) groups is 1. The summed E-state index contributed by atoms with van der Waals surface area (Å²) in [5, 5.41) is 0. The molecule has 0 radical (unpaired) electrons. The monoisotopic (exact) mass is 867 g/mol. The standard InChI is InChI=1S/C45H70N4O3S2.2C2H6.C2H4/c1-7-11-12-13-14-15-16-17-18-19-20-21-22-23-24-26-37(5)44(47-39-28-30-40(31-29-39)49(9-3)10-4)45(50)48(6)34-25-27-38(8-2)36-53-43-33-32-41(54(51)52)35-42(43)46;3*1-2/h8,25,27-33,35H,5,7,9-24,26,34,36,46H2,1-4,6H3,(H,51,52);2*1-2H3;1-2H2/b27-25-,38-8+,47-44?;;;. The van der Waals surface area contributed by atoms with Crippen LogP contribution in [0.4, 0.5) is 17.1 Å². The molecule has 340 valence electrons. The first-order valence-corrected chi connectivity index (χ1v) is 25.1. The Labute approximate surface area is 375 Å². The van der Waals surface area contributed by atoms with E-state index in [0.29, 0.717) is 23.7 Å². The maximum absolute atomic E-state index is 13.9. The van der Waals surface area contributed by atoms with Gasteiger partial charge < -0.3 is 20.1 Å². The van der Waals surface area contributed by atoms with E-state index in [1.807, 2.05) is 72.0 Å². The number of hydrogen-bond donors (Lipinski definition) is 2. The second kappa shape index (κ2) is 39.7. The van der Waals surface area contributed by atoms with Crippen LogP contribution in [0.15, 0.2) is 106 Å². The molecule has 0 aliphatic heterocycles. The molecular weight excluding hydrogens is 781 g/mol. The highest BCUT2D eigenvalue weighted by Gasteiger charge is 2.19. The summed E-state index contributed by atoms with van der Waals surface area (Å²) in [5.41, 5.74) is 10.8. The van der Waals surface area contributed by atoms with Crippen molar-refractivity contribution >= 4 is 51.5 Å². The van der Waals surface area contributed by atoms with Gasteiger partial charge in [0.2, 0.25) is 0 Å². The van der Waals surface area contributed by atoms with Crippen molar-refractivity contribution in [2.75, 3.05) is 43.1 Å². The number of aliphatic imine (C=N–C) groups is 1. The lowest BCUT2D eigenvalue weighted by Crippen LogP contribution is -2.34. The third-order valence-corrected chi connectivity index (χ3v) is 11.7. The van der Waals surface area contributed by atoms with Gasteiger partial charge in [0.25, 0.3) is 5.91 Å². The zero-order chi connectivity index (χ0) is 45.6. The number of carbonyl (C=O) groups excluding carboxylic acids is 1. The van der Waals surface area contributed by atoms with E-state index in [1.54, 1.807) is 28.8 Å². The molecule has 0 spiro atoms. The van der Waals surface area contributed by atoms with Crippen LogP contribution in [-0.4, -0.2) is 57.7 Å². The van der Waals surface area contributed by atoms with Crippen LogP contribution < -0.4 is 10.6 Å². The van der Waals surface area contributed by atoms with E-state index in [1.165, 1.54) is 89.5 Å². The van der Waals surface area contributed by atoms with Crippen molar-refractivity contribution < 1.29 is 13.6 Å². The molecule has 0 bridgehead atoms. The van der Waals surface area contributed by atoms with Crippen LogP contribution in [0, 0.1) is 0 Å². The van der Waals surface area contributed by atoms with Gasteiger partial charge in [0.1, 0.15) is 5.71 Å². The van der Waals surface area contributed by atoms with E-state index in [9.17, 15) is 13.6 Å². The molecular formula is C51H86N4O3S2. The van der Waals surface area contributed by atoms with Crippen molar-refractivity contribution in [3.63, 3.8) is 0 Å². The van der Waals surface area contributed by atoms with E-state index in [-0.39, 0.29) is 10.8 Å². The van der Waals surface area contributed by atoms with Crippen molar-refractivity contribution in [2.45, 2.75) is 168 Å². The lowest BCUT2D eigenvalue weighted by molar-refractivity contribution is -0.122. The number of allylic oxidation sites excluding steroid dienone is 2. The minimum Gasteiger partial charge on any atom is -0.398 e.